The molecule has 0 atom stereocenters. The van der Waals surface area contributed by atoms with Crippen molar-refractivity contribution in [2.75, 3.05) is 14.2 Å². The molecule has 0 aliphatic rings. The van der Waals surface area contributed by atoms with Gasteiger partial charge in [0, 0.05) is 68.7 Å². The molecule has 10 heteroatoms. The van der Waals surface area contributed by atoms with Gasteiger partial charge in [0.05, 0.1) is 37.9 Å². The molecule has 0 saturated heterocycles. The summed E-state index contributed by atoms with van der Waals surface area (Å²) in [6.07, 6.45) is 13.0. The first-order chi connectivity index (χ1) is 33.4. The molecular weight excluding hydrogens is 972 g/mol. The van der Waals surface area contributed by atoms with Crippen molar-refractivity contribution >= 4 is 76.0 Å². The number of imidazole rings is 2. The van der Waals surface area contributed by atoms with E-state index < -0.39 is 0 Å². The zero-order valence-electron chi connectivity index (χ0n) is 37.7. The highest BCUT2D eigenvalue weighted by atomic mass is 79.9. The standard InChI is InChI=1S/2C29H24BrN3O/c2*1-34-29-26(19-23-18-24(30)12-13-27(23)32-29)28(22-10-6-3-7-11-22)25(21-8-4-2-5-9-21)14-16-33-17-15-31-20-33/h2*2-13,15,17-20H,14,16H2,1H3/b28-25+;28-25-. The summed E-state index contributed by atoms with van der Waals surface area (Å²) in [6, 6.07) is 58.7. The van der Waals surface area contributed by atoms with Crippen LogP contribution in [0.2, 0.25) is 0 Å². The van der Waals surface area contributed by atoms with E-state index in [0.717, 1.165) is 90.1 Å². The van der Waals surface area contributed by atoms with E-state index in [1.54, 1.807) is 14.2 Å². The van der Waals surface area contributed by atoms with Crippen LogP contribution in [0.4, 0.5) is 0 Å². The summed E-state index contributed by atoms with van der Waals surface area (Å²) in [5, 5.41) is 2.11. The lowest BCUT2D eigenvalue weighted by molar-refractivity contribution is 0.398. The lowest BCUT2D eigenvalue weighted by Crippen LogP contribution is -2.03. The van der Waals surface area contributed by atoms with Crippen LogP contribution in [0.15, 0.2) is 216 Å². The maximum atomic E-state index is 5.85. The topological polar surface area (TPSA) is 79.9 Å². The van der Waals surface area contributed by atoms with Gasteiger partial charge in [-0.15, -0.1) is 0 Å². The molecule has 0 aliphatic heterocycles. The number of pyridine rings is 2. The molecule has 10 aromatic rings. The molecule has 336 valence electrons. The first kappa shape index (κ1) is 45.7. The Labute approximate surface area is 413 Å². The quantitative estimate of drug-likeness (QED) is 0.101. The van der Waals surface area contributed by atoms with E-state index in [9.17, 15) is 0 Å². The number of aryl methyl sites for hydroxylation is 2. The summed E-state index contributed by atoms with van der Waals surface area (Å²) < 4.78 is 18.0. The van der Waals surface area contributed by atoms with Gasteiger partial charge < -0.3 is 18.6 Å². The number of aromatic nitrogens is 6. The lowest BCUT2D eigenvalue weighted by Gasteiger charge is -2.20. The van der Waals surface area contributed by atoms with Gasteiger partial charge in [0.2, 0.25) is 11.8 Å². The van der Waals surface area contributed by atoms with Crippen molar-refractivity contribution in [2.45, 2.75) is 25.9 Å². The van der Waals surface area contributed by atoms with Crippen molar-refractivity contribution in [3.8, 4) is 11.8 Å². The highest BCUT2D eigenvalue weighted by Crippen LogP contribution is 2.41. The second-order valence-electron chi connectivity index (χ2n) is 16.0. The molecule has 0 N–H and O–H groups in total. The minimum absolute atomic E-state index is 0.615. The number of allylic oxidation sites excluding steroid dienone is 2. The van der Waals surface area contributed by atoms with Crippen LogP contribution in [-0.2, 0) is 13.1 Å². The number of rotatable bonds is 14. The van der Waals surface area contributed by atoms with Gasteiger partial charge in [-0.25, -0.2) is 19.9 Å². The van der Waals surface area contributed by atoms with Crippen LogP contribution in [-0.4, -0.2) is 43.3 Å². The first-order valence-corrected chi connectivity index (χ1v) is 23.9. The molecule has 4 aromatic heterocycles. The summed E-state index contributed by atoms with van der Waals surface area (Å²) in [4.78, 5) is 18.2. The molecule has 0 bridgehead atoms. The predicted molar refractivity (Wildman–Crippen MR) is 283 cm³/mol. The average Bonchev–Trinajstić information content (AvgIpc) is 4.13. The number of halogens is 2. The molecule has 0 unspecified atom stereocenters. The second kappa shape index (κ2) is 21.9. The highest BCUT2D eigenvalue weighted by molar-refractivity contribution is 9.10. The lowest BCUT2D eigenvalue weighted by atomic mass is 9.87. The number of benzene rings is 6. The van der Waals surface area contributed by atoms with Gasteiger partial charge in [0.15, 0.2) is 0 Å². The molecular formula is C58H48Br2N6O2. The average molecular weight is 1020 g/mol. The largest absolute Gasteiger partial charge is 0.481 e. The Morgan fingerprint density at radius 2 is 0.824 bits per heavy atom. The zero-order chi connectivity index (χ0) is 46.7. The van der Waals surface area contributed by atoms with Gasteiger partial charge >= 0.3 is 0 Å². The second-order valence-corrected chi connectivity index (χ2v) is 17.9. The highest BCUT2D eigenvalue weighted by Gasteiger charge is 2.22. The molecule has 6 aromatic carbocycles. The van der Waals surface area contributed by atoms with Crippen LogP contribution in [0, 0.1) is 0 Å². The molecule has 68 heavy (non-hydrogen) atoms. The number of fused-ring (bicyclic) bond motifs is 2. The monoisotopic (exact) mass is 1020 g/mol. The molecule has 0 spiro atoms. The molecule has 0 fully saturated rings. The Morgan fingerprint density at radius 1 is 0.456 bits per heavy atom. The minimum Gasteiger partial charge on any atom is -0.481 e. The van der Waals surface area contributed by atoms with E-state index in [1.807, 2.05) is 73.8 Å². The smallest absolute Gasteiger partial charge is 0.221 e. The first-order valence-electron chi connectivity index (χ1n) is 22.3. The van der Waals surface area contributed by atoms with E-state index in [4.69, 9.17) is 19.4 Å². The van der Waals surface area contributed by atoms with Gasteiger partial charge in [-0.1, -0.05) is 153 Å². The maximum Gasteiger partial charge on any atom is 0.221 e. The number of hydrogen-bond acceptors (Lipinski definition) is 6. The van der Waals surface area contributed by atoms with Gasteiger partial charge in [-0.05, 0) is 106 Å². The van der Waals surface area contributed by atoms with E-state index in [2.05, 4.69) is 184 Å². The van der Waals surface area contributed by atoms with Crippen molar-refractivity contribution in [1.82, 2.24) is 29.1 Å². The van der Waals surface area contributed by atoms with Gasteiger partial charge in [-0.3, -0.25) is 0 Å². The number of hydrogen-bond donors (Lipinski definition) is 0. The number of ether oxygens (including phenoxy) is 2. The zero-order valence-corrected chi connectivity index (χ0v) is 40.9. The van der Waals surface area contributed by atoms with Crippen LogP contribution < -0.4 is 9.47 Å². The molecule has 0 amide bonds. The van der Waals surface area contributed by atoms with E-state index in [-0.39, 0.29) is 0 Å². The summed E-state index contributed by atoms with van der Waals surface area (Å²) >= 11 is 7.21. The van der Waals surface area contributed by atoms with Crippen LogP contribution >= 0.6 is 31.9 Å². The fourth-order valence-electron chi connectivity index (χ4n) is 8.55. The Kier molecular flexibility index (Phi) is 14.8. The SMILES string of the molecule is COc1nc2ccc(Br)cc2cc1/C(=C(/CCn1ccnc1)c1ccccc1)c1ccccc1.COc1nc2ccc(Br)cc2cc1/C(=C(\CCn1ccnc1)c1ccccc1)c1ccccc1. The summed E-state index contributed by atoms with van der Waals surface area (Å²) in [5.41, 5.74) is 13.1. The van der Waals surface area contributed by atoms with E-state index in [1.165, 1.54) is 22.3 Å². The third-order valence-corrected chi connectivity index (χ3v) is 12.7. The Bertz CT molecular complexity index is 3080. The molecule has 4 heterocycles. The van der Waals surface area contributed by atoms with Gasteiger partial charge in [-0.2, -0.15) is 0 Å². The van der Waals surface area contributed by atoms with Gasteiger partial charge in [0.25, 0.3) is 0 Å². The Hall–Kier alpha value is -7.40. The third-order valence-electron chi connectivity index (χ3n) is 11.7. The predicted octanol–water partition coefficient (Wildman–Crippen LogP) is 14.5. The van der Waals surface area contributed by atoms with E-state index >= 15 is 0 Å². The third kappa shape index (κ3) is 10.7. The van der Waals surface area contributed by atoms with Crippen LogP contribution in [0.25, 0.3) is 44.1 Å². The fourth-order valence-corrected chi connectivity index (χ4v) is 9.31. The van der Waals surface area contributed by atoms with Crippen molar-refractivity contribution < 1.29 is 9.47 Å². The number of nitrogens with zero attached hydrogens (tertiary/aromatic N) is 6. The fraction of sp³-hybridized carbons (Fsp3) is 0.103. The molecule has 0 saturated carbocycles. The minimum atomic E-state index is 0.615. The van der Waals surface area contributed by atoms with Crippen LogP contribution in [0.3, 0.4) is 0 Å². The normalized spacial score (nSPS) is 11.9. The number of methoxy groups -OCH3 is 2. The summed E-state index contributed by atoms with van der Waals surface area (Å²) in [7, 11) is 3.37. The Balaban J connectivity index is 0.000000170. The molecule has 8 nitrogen and oxygen atoms in total. The molecule has 0 aliphatic carbocycles. The molecule has 10 rings (SSSR count). The van der Waals surface area contributed by atoms with Crippen molar-refractivity contribution in [3.05, 3.63) is 250 Å². The van der Waals surface area contributed by atoms with Crippen molar-refractivity contribution in [2.24, 2.45) is 0 Å². The Morgan fingerprint density at radius 3 is 1.16 bits per heavy atom. The van der Waals surface area contributed by atoms with Gasteiger partial charge in [0.1, 0.15) is 0 Å². The van der Waals surface area contributed by atoms with Crippen molar-refractivity contribution in [1.29, 1.82) is 0 Å². The van der Waals surface area contributed by atoms with E-state index in [0.29, 0.717) is 11.8 Å². The summed E-state index contributed by atoms with van der Waals surface area (Å²) in [5.74, 6) is 1.23. The maximum absolute atomic E-state index is 5.85. The summed E-state index contributed by atoms with van der Waals surface area (Å²) in [6.45, 7) is 1.63. The van der Waals surface area contributed by atoms with Crippen LogP contribution in [0.1, 0.15) is 46.2 Å². The molecule has 0 radical (unpaired) electrons. The van der Waals surface area contributed by atoms with Crippen LogP contribution in [0.5, 0.6) is 11.8 Å². The van der Waals surface area contributed by atoms with Crippen molar-refractivity contribution in [3.63, 3.8) is 0 Å².